The average Bonchev–Trinajstić information content (AvgIpc) is 3.13. The van der Waals surface area contributed by atoms with Gasteiger partial charge in [0, 0.05) is 44.0 Å². The molecule has 0 atom stereocenters. The van der Waals surface area contributed by atoms with Crippen molar-refractivity contribution in [1.82, 2.24) is 19.3 Å². The Hall–Kier alpha value is -3.26. The summed E-state index contributed by atoms with van der Waals surface area (Å²) in [6, 6.07) is 8.43. The highest BCUT2D eigenvalue weighted by Gasteiger charge is 2.18. The Morgan fingerprint density at radius 3 is 2.71 bits per heavy atom. The predicted molar refractivity (Wildman–Crippen MR) is 104 cm³/mol. The molecule has 0 radical (unpaired) electrons. The van der Waals surface area contributed by atoms with Gasteiger partial charge in [0.25, 0.3) is 0 Å². The maximum atomic E-state index is 13.9. The van der Waals surface area contributed by atoms with E-state index >= 15 is 0 Å². The van der Waals surface area contributed by atoms with Crippen LogP contribution in [-0.2, 0) is 0 Å². The molecule has 4 aromatic heterocycles. The van der Waals surface area contributed by atoms with Crippen molar-refractivity contribution in [2.24, 2.45) is 0 Å². The summed E-state index contributed by atoms with van der Waals surface area (Å²) >= 11 is 0. The quantitative estimate of drug-likeness (QED) is 0.533. The van der Waals surface area contributed by atoms with Crippen LogP contribution in [0.1, 0.15) is 0 Å². The van der Waals surface area contributed by atoms with Crippen LogP contribution >= 0.6 is 0 Å². The van der Waals surface area contributed by atoms with E-state index in [2.05, 4.69) is 26.8 Å². The van der Waals surface area contributed by atoms with E-state index in [1.54, 1.807) is 28.9 Å². The molecule has 0 saturated carbocycles. The number of fused-ring (bicyclic) bond motifs is 2. The van der Waals surface area contributed by atoms with E-state index in [0.717, 1.165) is 32.0 Å². The van der Waals surface area contributed by atoms with Gasteiger partial charge < -0.3 is 18.6 Å². The minimum Gasteiger partial charge on any atom is -0.403 e. The van der Waals surface area contributed by atoms with Crippen molar-refractivity contribution in [3.8, 4) is 11.3 Å². The van der Waals surface area contributed by atoms with E-state index in [-0.39, 0.29) is 11.2 Å². The van der Waals surface area contributed by atoms with Crippen LogP contribution in [0.5, 0.6) is 0 Å². The molecule has 0 aliphatic carbocycles. The predicted octanol–water partition coefficient (Wildman–Crippen LogP) is 2.39. The van der Waals surface area contributed by atoms with Gasteiger partial charge in [-0.25, -0.2) is 14.2 Å². The molecule has 5 rings (SSSR count). The first-order valence-electron chi connectivity index (χ1n) is 9.10. The van der Waals surface area contributed by atoms with Gasteiger partial charge in [-0.3, -0.25) is 0 Å². The summed E-state index contributed by atoms with van der Waals surface area (Å²) < 4.78 is 20.9. The van der Waals surface area contributed by atoms with Crippen LogP contribution < -0.4 is 10.5 Å². The van der Waals surface area contributed by atoms with Crippen LogP contribution in [-0.4, -0.2) is 52.5 Å². The lowest BCUT2D eigenvalue weighted by atomic mass is 10.2. The van der Waals surface area contributed by atoms with Crippen molar-refractivity contribution in [3.63, 3.8) is 0 Å². The minimum atomic E-state index is -0.542. The lowest BCUT2D eigenvalue weighted by molar-refractivity contribution is 0.312. The van der Waals surface area contributed by atoms with Crippen LogP contribution in [0, 0.1) is 5.82 Å². The van der Waals surface area contributed by atoms with E-state index in [1.165, 1.54) is 6.07 Å². The summed E-state index contributed by atoms with van der Waals surface area (Å²) in [6.07, 6.45) is 3.30. The van der Waals surface area contributed by atoms with E-state index in [0.29, 0.717) is 16.8 Å². The molecule has 0 spiro atoms. The highest BCUT2D eigenvalue weighted by atomic mass is 19.1. The highest BCUT2D eigenvalue weighted by Crippen LogP contribution is 2.23. The largest absolute Gasteiger partial charge is 0.403 e. The van der Waals surface area contributed by atoms with Gasteiger partial charge in [-0.2, -0.15) is 4.98 Å². The molecule has 142 valence electrons. The Labute approximate surface area is 159 Å². The first kappa shape index (κ1) is 16.9. The Morgan fingerprint density at radius 1 is 1.11 bits per heavy atom. The third-order valence-corrected chi connectivity index (χ3v) is 5.12. The number of aromatic nitrogens is 3. The number of likely N-dealkylation sites (N-methyl/N-ethyl adjacent to an activating group) is 1. The number of hydrogen-bond donors (Lipinski definition) is 0. The van der Waals surface area contributed by atoms with E-state index in [1.807, 2.05) is 12.1 Å². The first-order chi connectivity index (χ1) is 13.6. The van der Waals surface area contributed by atoms with Crippen molar-refractivity contribution in [1.29, 1.82) is 0 Å². The molecule has 7 nitrogen and oxygen atoms in total. The maximum Gasteiger partial charge on any atom is 0.347 e. The second-order valence-corrected chi connectivity index (χ2v) is 7.01. The molecule has 0 bridgehead atoms. The number of rotatable bonds is 2. The Morgan fingerprint density at radius 2 is 1.93 bits per heavy atom. The standard InChI is InChI=1S/C20H18FN5O2/c1-24-7-9-25(10-8-24)17-5-4-13-11-14(20(27)28-19(13)23-17)16-12-26-6-2-3-15(21)18(26)22-16/h2-6,11-12H,7-10H2,1H3. The summed E-state index contributed by atoms with van der Waals surface area (Å²) in [5, 5.41) is 0.699. The summed E-state index contributed by atoms with van der Waals surface area (Å²) in [5.41, 5.74) is 0.564. The number of nitrogens with zero attached hydrogens (tertiary/aromatic N) is 5. The Balaban J connectivity index is 1.56. The van der Waals surface area contributed by atoms with Gasteiger partial charge in [-0.15, -0.1) is 0 Å². The van der Waals surface area contributed by atoms with E-state index in [4.69, 9.17) is 4.42 Å². The molecule has 0 aromatic carbocycles. The van der Waals surface area contributed by atoms with Gasteiger partial charge in [0.05, 0.1) is 11.3 Å². The lowest BCUT2D eigenvalue weighted by Gasteiger charge is -2.33. The zero-order valence-corrected chi connectivity index (χ0v) is 15.3. The average molecular weight is 379 g/mol. The van der Waals surface area contributed by atoms with Crippen molar-refractivity contribution < 1.29 is 8.81 Å². The Kier molecular flexibility index (Phi) is 3.87. The van der Waals surface area contributed by atoms with Crippen LogP contribution in [0.4, 0.5) is 10.2 Å². The van der Waals surface area contributed by atoms with Crippen LogP contribution in [0.2, 0.25) is 0 Å². The van der Waals surface area contributed by atoms with Crippen LogP contribution in [0.3, 0.4) is 0 Å². The fourth-order valence-corrected chi connectivity index (χ4v) is 3.49. The molecule has 5 heterocycles. The van der Waals surface area contributed by atoms with E-state index < -0.39 is 11.4 Å². The fourth-order valence-electron chi connectivity index (χ4n) is 3.49. The number of anilines is 1. The Bertz CT molecular complexity index is 1240. The molecule has 28 heavy (non-hydrogen) atoms. The molecule has 0 N–H and O–H groups in total. The minimum absolute atomic E-state index is 0.167. The second-order valence-electron chi connectivity index (χ2n) is 7.01. The highest BCUT2D eigenvalue weighted by molar-refractivity contribution is 5.80. The molecule has 4 aromatic rings. The van der Waals surface area contributed by atoms with Gasteiger partial charge in [-0.05, 0) is 37.4 Å². The van der Waals surface area contributed by atoms with E-state index in [9.17, 15) is 9.18 Å². The monoisotopic (exact) mass is 379 g/mol. The first-order valence-corrected chi connectivity index (χ1v) is 9.10. The summed E-state index contributed by atoms with van der Waals surface area (Å²) in [4.78, 5) is 25.8. The molecular weight excluding hydrogens is 361 g/mol. The van der Waals surface area contributed by atoms with Crippen molar-refractivity contribution >= 4 is 22.6 Å². The van der Waals surface area contributed by atoms with Gasteiger partial charge >= 0.3 is 5.63 Å². The van der Waals surface area contributed by atoms with Crippen molar-refractivity contribution in [3.05, 3.63) is 59.0 Å². The number of hydrogen-bond acceptors (Lipinski definition) is 6. The molecule has 8 heteroatoms. The molecule has 1 aliphatic heterocycles. The number of piperazine rings is 1. The van der Waals surface area contributed by atoms with Crippen LogP contribution in [0.25, 0.3) is 28.0 Å². The zero-order chi connectivity index (χ0) is 19.3. The van der Waals surface area contributed by atoms with Gasteiger partial charge in [-0.1, -0.05) is 0 Å². The normalized spacial score (nSPS) is 15.6. The topological polar surface area (TPSA) is 66.9 Å². The van der Waals surface area contributed by atoms with Crippen molar-refractivity contribution in [2.45, 2.75) is 0 Å². The van der Waals surface area contributed by atoms with Crippen LogP contribution in [0.15, 0.2) is 51.9 Å². The number of halogens is 1. The van der Waals surface area contributed by atoms with Gasteiger partial charge in [0.1, 0.15) is 5.82 Å². The van der Waals surface area contributed by atoms with Gasteiger partial charge in [0.15, 0.2) is 11.5 Å². The SMILES string of the molecule is CN1CCN(c2ccc3cc(-c4cn5cccc(F)c5n4)c(=O)oc3n2)CC1. The third kappa shape index (κ3) is 2.82. The smallest absolute Gasteiger partial charge is 0.347 e. The molecule has 0 amide bonds. The molecule has 1 aliphatic rings. The number of pyridine rings is 2. The molecule has 1 saturated heterocycles. The zero-order valence-electron chi connectivity index (χ0n) is 15.3. The molecular formula is C20H18FN5O2. The maximum absolute atomic E-state index is 13.9. The number of imidazole rings is 1. The molecule has 0 unspecified atom stereocenters. The summed E-state index contributed by atoms with van der Waals surface area (Å²) in [5.74, 6) is 0.351. The fraction of sp³-hybridized carbons (Fsp3) is 0.250. The summed E-state index contributed by atoms with van der Waals surface area (Å²) in [6.45, 7) is 3.69. The summed E-state index contributed by atoms with van der Waals surface area (Å²) in [7, 11) is 2.09. The lowest BCUT2D eigenvalue weighted by Crippen LogP contribution is -2.44. The van der Waals surface area contributed by atoms with Gasteiger partial charge in [0.2, 0.25) is 5.71 Å². The molecule has 1 fully saturated rings. The van der Waals surface area contributed by atoms with Crippen molar-refractivity contribution in [2.75, 3.05) is 38.1 Å². The second kappa shape index (κ2) is 6.42. The third-order valence-electron chi connectivity index (χ3n) is 5.12.